The molecular weight excluding hydrogens is 397 g/mol. The van der Waals surface area contributed by atoms with Gasteiger partial charge < -0.3 is 10.6 Å². The zero-order valence-electron chi connectivity index (χ0n) is 15.9. The van der Waals surface area contributed by atoms with Crippen LogP contribution in [0.15, 0.2) is 47.4 Å². The minimum Gasteiger partial charge on any atom is -0.369 e. The van der Waals surface area contributed by atoms with Gasteiger partial charge in [0.2, 0.25) is 5.91 Å². The molecule has 2 aromatic carbocycles. The van der Waals surface area contributed by atoms with E-state index < -0.39 is 21.7 Å². The number of carbonyl (C=O) groups excluding carboxylic acids is 2. The zero-order valence-corrected chi connectivity index (χ0v) is 16.7. The van der Waals surface area contributed by atoms with Crippen molar-refractivity contribution in [2.45, 2.75) is 24.7 Å². The van der Waals surface area contributed by atoms with Gasteiger partial charge >= 0.3 is 0 Å². The quantitative estimate of drug-likeness (QED) is 0.775. The second-order valence-electron chi connectivity index (χ2n) is 7.09. The van der Waals surface area contributed by atoms with Gasteiger partial charge in [-0.1, -0.05) is 12.1 Å². The molecule has 29 heavy (non-hydrogen) atoms. The number of sulfonamides is 1. The van der Waals surface area contributed by atoms with Crippen LogP contribution in [0.4, 0.5) is 10.1 Å². The molecule has 3 rings (SSSR count). The molecule has 0 bridgehead atoms. The standard InChI is InChI=1S/C20H22FN3O4S/c1-13-7-8-16(21)11-18(13)29(27,28)23-17-6-2-4-14(10-17)20(26)24-9-3-5-15(12-24)19(22)25/h2,4,6-8,10-11,15,23H,3,5,9,12H2,1H3,(H2,22,25). The van der Waals surface area contributed by atoms with Crippen LogP contribution in [-0.4, -0.2) is 38.2 Å². The third kappa shape index (κ3) is 4.73. The smallest absolute Gasteiger partial charge is 0.262 e. The Balaban J connectivity index is 1.81. The summed E-state index contributed by atoms with van der Waals surface area (Å²) in [5, 5.41) is 0. The second-order valence-corrected chi connectivity index (χ2v) is 8.74. The van der Waals surface area contributed by atoms with Gasteiger partial charge in [-0.25, -0.2) is 12.8 Å². The van der Waals surface area contributed by atoms with Gasteiger partial charge in [-0.3, -0.25) is 14.3 Å². The van der Waals surface area contributed by atoms with Crippen molar-refractivity contribution in [3.8, 4) is 0 Å². The SMILES string of the molecule is Cc1ccc(F)cc1S(=O)(=O)Nc1cccc(C(=O)N2CCCC(C(N)=O)C2)c1. The van der Waals surface area contributed by atoms with E-state index in [1.807, 2.05) is 0 Å². The Kier molecular flexibility index (Phi) is 5.88. The molecule has 1 heterocycles. The summed E-state index contributed by atoms with van der Waals surface area (Å²) < 4.78 is 41.2. The van der Waals surface area contributed by atoms with Gasteiger partial charge in [0.05, 0.1) is 10.8 Å². The molecule has 1 aliphatic heterocycles. The Hall–Kier alpha value is -2.94. The fourth-order valence-electron chi connectivity index (χ4n) is 3.37. The summed E-state index contributed by atoms with van der Waals surface area (Å²) in [6.45, 7) is 2.31. The van der Waals surface area contributed by atoms with Crippen LogP contribution in [0, 0.1) is 18.7 Å². The van der Waals surface area contributed by atoms with Crippen LogP contribution in [0.3, 0.4) is 0 Å². The minimum atomic E-state index is -4.03. The van der Waals surface area contributed by atoms with E-state index in [1.165, 1.54) is 24.3 Å². The fraction of sp³-hybridized carbons (Fsp3) is 0.300. The van der Waals surface area contributed by atoms with Crippen molar-refractivity contribution in [3.63, 3.8) is 0 Å². The number of primary amides is 1. The predicted molar refractivity (Wildman–Crippen MR) is 106 cm³/mol. The van der Waals surface area contributed by atoms with Gasteiger partial charge in [0.1, 0.15) is 5.82 Å². The lowest BCUT2D eigenvalue weighted by atomic mass is 9.97. The molecule has 154 valence electrons. The number of anilines is 1. The van der Waals surface area contributed by atoms with Crippen LogP contribution in [0.2, 0.25) is 0 Å². The number of amides is 2. The number of hydrogen-bond acceptors (Lipinski definition) is 4. The Morgan fingerprint density at radius 1 is 1.21 bits per heavy atom. The third-order valence-corrected chi connectivity index (χ3v) is 6.44. The molecule has 0 radical (unpaired) electrons. The molecule has 1 fully saturated rings. The summed E-state index contributed by atoms with van der Waals surface area (Å²) in [6.07, 6.45) is 1.32. The molecule has 0 aromatic heterocycles. The molecule has 2 aromatic rings. The van der Waals surface area contributed by atoms with Crippen LogP contribution in [0.1, 0.15) is 28.8 Å². The van der Waals surface area contributed by atoms with Crippen molar-refractivity contribution >= 4 is 27.5 Å². The van der Waals surface area contributed by atoms with Crippen LogP contribution in [0.25, 0.3) is 0 Å². The molecule has 0 spiro atoms. The van der Waals surface area contributed by atoms with E-state index in [-0.39, 0.29) is 34.5 Å². The predicted octanol–water partition coefficient (Wildman–Crippen LogP) is 2.27. The molecule has 7 nitrogen and oxygen atoms in total. The minimum absolute atomic E-state index is 0.172. The molecule has 2 amide bonds. The van der Waals surface area contributed by atoms with Crippen molar-refractivity contribution < 1.29 is 22.4 Å². The number of carbonyl (C=O) groups is 2. The van der Waals surface area contributed by atoms with Crippen LogP contribution < -0.4 is 10.5 Å². The summed E-state index contributed by atoms with van der Waals surface area (Å²) in [5.74, 6) is -1.78. The normalized spacial score (nSPS) is 17.0. The van der Waals surface area contributed by atoms with Crippen LogP contribution >= 0.6 is 0 Å². The van der Waals surface area contributed by atoms with E-state index in [0.717, 1.165) is 6.07 Å². The van der Waals surface area contributed by atoms with Gasteiger partial charge in [-0.15, -0.1) is 0 Å². The number of halogens is 1. The highest BCUT2D eigenvalue weighted by molar-refractivity contribution is 7.92. The average molecular weight is 419 g/mol. The first kappa shape index (κ1) is 20.8. The summed E-state index contributed by atoms with van der Waals surface area (Å²) in [7, 11) is -4.03. The van der Waals surface area contributed by atoms with Gasteiger partial charge in [-0.05, 0) is 55.7 Å². The first-order valence-electron chi connectivity index (χ1n) is 9.15. The second kappa shape index (κ2) is 8.20. The topological polar surface area (TPSA) is 110 Å². The maximum atomic E-state index is 13.5. The highest BCUT2D eigenvalue weighted by Gasteiger charge is 2.28. The summed E-state index contributed by atoms with van der Waals surface area (Å²) in [5.41, 5.74) is 6.23. The van der Waals surface area contributed by atoms with E-state index in [4.69, 9.17) is 5.73 Å². The Bertz CT molecular complexity index is 1060. The number of nitrogens with zero attached hydrogens (tertiary/aromatic N) is 1. The largest absolute Gasteiger partial charge is 0.369 e. The summed E-state index contributed by atoms with van der Waals surface area (Å²) in [4.78, 5) is 25.6. The lowest BCUT2D eigenvalue weighted by molar-refractivity contribution is -0.123. The first-order chi connectivity index (χ1) is 13.7. The highest BCUT2D eigenvalue weighted by atomic mass is 32.2. The first-order valence-corrected chi connectivity index (χ1v) is 10.6. The van der Waals surface area contributed by atoms with E-state index in [0.29, 0.717) is 24.9 Å². The number of hydrogen-bond donors (Lipinski definition) is 2. The van der Waals surface area contributed by atoms with Gasteiger partial charge in [0.25, 0.3) is 15.9 Å². The maximum absolute atomic E-state index is 13.5. The van der Waals surface area contributed by atoms with Gasteiger partial charge in [-0.2, -0.15) is 0 Å². The Labute approximate surface area is 168 Å². The molecule has 3 N–H and O–H groups in total. The number of nitrogens with one attached hydrogen (secondary N) is 1. The average Bonchev–Trinajstić information content (AvgIpc) is 2.69. The number of piperidine rings is 1. The molecule has 1 saturated heterocycles. The molecule has 0 saturated carbocycles. The molecule has 9 heteroatoms. The van der Waals surface area contributed by atoms with Gasteiger partial charge in [0.15, 0.2) is 0 Å². The third-order valence-electron chi connectivity index (χ3n) is 4.91. The number of nitrogens with two attached hydrogens (primary N) is 1. The van der Waals surface area contributed by atoms with Crippen LogP contribution in [0.5, 0.6) is 0 Å². The van der Waals surface area contributed by atoms with Crippen LogP contribution in [-0.2, 0) is 14.8 Å². The number of benzene rings is 2. The molecule has 0 aliphatic carbocycles. The molecule has 1 unspecified atom stereocenters. The summed E-state index contributed by atoms with van der Waals surface area (Å²) >= 11 is 0. The number of aryl methyl sites for hydroxylation is 1. The lowest BCUT2D eigenvalue weighted by Crippen LogP contribution is -2.44. The Morgan fingerprint density at radius 3 is 2.69 bits per heavy atom. The highest BCUT2D eigenvalue weighted by Crippen LogP contribution is 2.23. The monoisotopic (exact) mass is 419 g/mol. The maximum Gasteiger partial charge on any atom is 0.262 e. The van der Waals surface area contributed by atoms with E-state index in [1.54, 1.807) is 24.0 Å². The zero-order chi connectivity index (χ0) is 21.2. The van der Waals surface area contributed by atoms with E-state index in [2.05, 4.69) is 4.72 Å². The van der Waals surface area contributed by atoms with E-state index >= 15 is 0 Å². The fourth-order valence-corrected chi connectivity index (χ4v) is 4.67. The number of likely N-dealkylation sites (tertiary alicyclic amines) is 1. The summed E-state index contributed by atoms with van der Waals surface area (Å²) in [6, 6.07) is 9.57. The van der Waals surface area contributed by atoms with Crippen molar-refractivity contribution in [3.05, 3.63) is 59.4 Å². The van der Waals surface area contributed by atoms with Crippen molar-refractivity contribution in [2.24, 2.45) is 11.7 Å². The van der Waals surface area contributed by atoms with Crippen molar-refractivity contribution in [1.82, 2.24) is 4.90 Å². The van der Waals surface area contributed by atoms with Crippen molar-refractivity contribution in [2.75, 3.05) is 17.8 Å². The molecule has 1 aliphatic rings. The van der Waals surface area contributed by atoms with Crippen molar-refractivity contribution in [1.29, 1.82) is 0 Å². The lowest BCUT2D eigenvalue weighted by Gasteiger charge is -2.31. The molecule has 1 atom stereocenters. The van der Waals surface area contributed by atoms with Gasteiger partial charge in [0, 0.05) is 24.3 Å². The molecular formula is C20H22FN3O4S. The van der Waals surface area contributed by atoms with E-state index in [9.17, 15) is 22.4 Å². The number of rotatable bonds is 5. The Morgan fingerprint density at radius 2 is 1.97 bits per heavy atom.